The molecule has 9 heteroatoms. The molecular formula is C23H31ClFN3O3S. The van der Waals surface area contributed by atoms with Gasteiger partial charge in [-0.2, -0.15) is 0 Å². The SMILES string of the molecule is Cc1ccccc1C(=O)Nc1cc(C)c(S(=O)(=O)N[C@H](C)C2CCN(C)CC2)cc1F.Cl. The first-order valence-corrected chi connectivity index (χ1v) is 11.9. The van der Waals surface area contributed by atoms with Gasteiger partial charge in [0, 0.05) is 11.6 Å². The molecule has 1 saturated heterocycles. The third-order valence-electron chi connectivity index (χ3n) is 6.00. The van der Waals surface area contributed by atoms with Gasteiger partial charge in [-0.3, -0.25) is 4.79 Å². The number of likely N-dealkylation sites (tertiary alicyclic amines) is 1. The van der Waals surface area contributed by atoms with Gasteiger partial charge in [0.05, 0.1) is 10.6 Å². The summed E-state index contributed by atoms with van der Waals surface area (Å²) < 4.78 is 43.4. The highest BCUT2D eigenvalue weighted by atomic mass is 35.5. The number of carbonyl (C=O) groups is 1. The first kappa shape index (κ1) is 26.3. The van der Waals surface area contributed by atoms with Crippen molar-refractivity contribution in [1.29, 1.82) is 0 Å². The van der Waals surface area contributed by atoms with E-state index in [9.17, 15) is 17.6 Å². The van der Waals surface area contributed by atoms with Crippen molar-refractivity contribution in [3.8, 4) is 0 Å². The van der Waals surface area contributed by atoms with Crippen molar-refractivity contribution in [3.05, 3.63) is 58.9 Å². The van der Waals surface area contributed by atoms with Gasteiger partial charge in [-0.15, -0.1) is 12.4 Å². The zero-order chi connectivity index (χ0) is 22.8. The molecular weight excluding hydrogens is 453 g/mol. The number of piperidine rings is 1. The lowest BCUT2D eigenvalue weighted by atomic mass is 9.91. The minimum atomic E-state index is -3.90. The van der Waals surface area contributed by atoms with E-state index in [0.29, 0.717) is 11.1 Å². The summed E-state index contributed by atoms with van der Waals surface area (Å²) in [5.74, 6) is -0.996. The summed E-state index contributed by atoms with van der Waals surface area (Å²) in [5, 5.41) is 2.55. The van der Waals surface area contributed by atoms with Gasteiger partial charge in [0.1, 0.15) is 5.82 Å². The highest BCUT2D eigenvalue weighted by Gasteiger charge is 2.28. The van der Waals surface area contributed by atoms with Crippen LogP contribution in [0, 0.1) is 25.6 Å². The standard InChI is InChI=1S/C23H30FN3O3S.ClH/c1-15-7-5-6-8-19(15)23(28)25-21-13-16(2)22(14-20(21)24)31(29,30)26-17(3)18-9-11-27(4)12-10-18;/h5-8,13-14,17-18,26H,9-12H2,1-4H3,(H,25,28);1H/t17-;/m1./s1. The maximum atomic E-state index is 14.8. The van der Waals surface area contributed by atoms with Crippen LogP contribution in [-0.4, -0.2) is 45.4 Å². The Hall–Kier alpha value is -2.00. The first-order valence-electron chi connectivity index (χ1n) is 10.5. The second-order valence-electron chi connectivity index (χ2n) is 8.42. The van der Waals surface area contributed by atoms with E-state index in [1.807, 2.05) is 13.0 Å². The van der Waals surface area contributed by atoms with Crippen molar-refractivity contribution in [2.75, 3.05) is 25.5 Å². The first-order chi connectivity index (χ1) is 14.6. The molecule has 0 unspecified atom stereocenters. The number of rotatable bonds is 6. The molecule has 6 nitrogen and oxygen atoms in total. The summed E-state index contributed by atoms with van der Waals surface area (Å²) in [4.78, 5) is 14.6. The molecule has 1 heterocycles. The van der Waals surface area contributed by atoms with E-state index in [1.165, 1.54) is 6.07 Å². The van der Waals surface area contributed by atoms with Crippen LogP contribution in [0.1, 0.15) is 41.3 Å². The number of benzene rings is 2. The largest absolute Gasteiger partial charge is 0.319 e. The molecule has 1 aliphatic heterocycles. The molecule has 3 rings (SSSR count). The van der Waals surface area contributed by atoms with Crippen LogP contribution in [-0.2, 0) is 10.0 Å². The smallest absolute Gasteiger partial charge is 0.256 e. The number of nitrogens with zero attached hydrogens (tertiary/aromatic N) is 1. The van der Waals surface area contributed by atoms with Gasteiger partial charge in [-0.05, 0) is 89.0 Å². The summed E-state index contributed by atoms with van der Waals surface area (Å²) in [5.41, 5.74) is 1.52. The molecule has 0 aliphatic carbocycles. The third kappa shape index (κ3) is 6.07. The van der Waals surface area contributed by atoms with Crippen LogP contribution in [0.15, 0.2) is 41.3 Å². The topological polar surface area (TPSA) is 78.5 Å². The zero-order valence-corrected chi connectivity index (χ0v) is 20.4. The van der Waals surface area contributed by atoms with Gasteiger partial charge in [0.2, 0.25) is 10.0 Å². The monoisotopic (exact) mass is 483 g/mol. The van der Waals surface area contributed by atoms with E-state index in [0.717, 1.165) is 37.6 Å². The number of carbonyl (C=O) groups excluding carboxylic acids is 1. The normalized spacial score (nSPS) is 16.3. The molecule has 2 N–H and O–H groups in total. The molecule has 0 bridgehead atoms. The molecule has 2 aromatic carbocycles. The Morgan fingerprint density at radius 1 is 1.12 bits per heavy atom. The Labute approximate surface area is 196 Å². The molecule has 176 valence electrons. The fourth-order valence-corrected chi connectivity index (χ4v) is 5.55. The Kier molecular flexibility index (Phi) is 8.82. The second kappa shape index (κ2) is 10.7. The van der Waals surface area contributed by atoms with Gasteiger partial charge in [0.25, 0.3) is 5.91 Å². The van der Waals surface area contributed by atoms with Gasteiger partial charge in [-0.25, -0.2) is 17.5 Å². The molecule has 0 radical (unpaired) electrons. The summed E-state index contributed by atoms with van der Waals surface area (Å²) in [6, 6.07) is 9.09. The average molecular weight is 484 g/mol. The van der Waals surface area contributed by atoms with Gasteiger partial charge >= 0.3 is 0 Å². The van der Waals surface area contributed by atoms with Gasteiger partial charge in [0.15, 0.2) is 0 Å². The molecule has 32 heavy (non-hydrogen) atoms. The Morgan fingerprint density at radius 3 is 2.38 bits per heavy atom. The van der Waals surface area contributed by atoms with Crippen LogP contribution in [0.5, 0.6) is 0 Å². The van der Waals surface area contributed by atoms with Crippen molar-refractivity contribution in [1.82, 2.24) is 9.62 Å². The van der Waals surface area contributed by atoms with Crippen LogP contribution in [0.3, 0.4) is 0 Å². The van der Waals surface area contributed by atoms with Gasteiger partial charge < -0.3 is 10.2 Å². The molecule has 0 aromatic heterocycles. The van der Waals surface area contributed by atoms with E-state index in [4.69, 9.17) is 0 Å². The maximum absolute atomic E-state index is 14.8. The zero-order valence-electron chi connectivity index (χ0n) is 18.8. The molecule has 0 spiro atoms. The lowest BCUT2D eigenvalue weighted by Crippen LogP contribution is -2.43. The molecule has 1 aliphatic rings. The predicted molar refractivity (Wildman–Crippen MR) is 128 cm³/mol. The van der Waals surface area contributed by atoms with Crippen molar-refractivity contribution in [3.63, 3.8) is 0 Å². The summed E-state index contributed by atoms with van der Waals surface area (Å²) in [7, 11) is -1.84. The van der Waals surface area contributed by atoms with Crippen molar-refractivity contribution in [2.45, 2.75) is 44.6 Å². The van der Waals surface area contributed by atoms with Crippen LogP contribution >= 0.6 is 12.4 Å². The van der Waals surface area contributed by atoms with Crippen molar-refractivity contribution < 1.29 is 17.6 Å². The van der Waals surface area contributed by atoms with Crippen LogP contribution < -0.4 is 10.0 Å². The number of anilines is 1. The lowest BCUT2D eigenvalue weighted by Gasteiger charge is -2.33. The van der Waals surface area contributed by atoms with Gasteiger partial charge in [-0.1, -0.05) is 18.2 Å². The molecule has 1 atom stereocenters. The fraction of sp³-hybridized carbons (Fsp3) is 0.435. The minimum absolute atomic E-state index is 0. The molecule has 2 aromatic rings. The quantitative estimate of drug-likeness (QED) is 0.647. The van der Waals surface area contributed by atoms with Crippen LogP contribution in [0.2, 0.25) is 0 Å². The van der Waals surface area contributed by atoms with Crippen LogP contribution in [0.4, 0.5) is 10.1 Å². The van der Waals surface area contributed by atoms with E-state index in [1.54, 1.807) is 32.0 Å². The third-order valence-corrected chi connectivity index (χ3v) is 7.70. The average Bonchev–Trinajstić information content (AvgIpc) is 2.70. The molecule has 1 fully saturated rings. The second-order valence-corrected chi connectivity index (χ2v) is 10.1. The number of hydrogen-bond acceptors (Lipinski definition) is 4. The number of nitrogens with one attached hydrogen (secondary N) is 2. The molecule has 1 amide bonds. The van der Waals surface area contributed by atoms with E-state index >= 15 is 0 Å². The van der Waals surface area contributed by atoms with E-state index in [2.05, 4.69) is 22.0 Å². The fourth-order valence-electron chi connectivity index (χ4n) is 4.00. The highest BCUT2D eigenvalue weighted by molar-refractivity contribution is 7.89. The van der Waals surface area contributed by atoms with E-state index < -0.39 is 21.7 Å². The maximum Gasteiger partial charge on any atom is 0.256 e. The Balaban J connectivity index is 0.00000363. The minimum Gasteiger partial charge on any atom is -0.319 e. The predicted octanol–water partition coefficient (Wildman–Crippen LogP) is 4.13. The number of hydrogen-bond donors (Lipinski definition) is 2. The van der Waals surface area contributed by atoms with E-state index in [-0.39, 0.29) is 34.9 Å². The Morgan fingerprint density at radius 2 is 1.75 bits per heavy atom. The highest BCUT2D eigenvalue weighted by Crippen LogP contribution is 2.26. The summed E-state index contributed by atoms with van der Waals surface area (Å²) in [6.45, 7) is 7.11. The number of halogens is 2. The van der Waals surface area contributed by atoms with Crippen LogP contribution in [0.25, 0.3) is 0 Å². The van der Waals surface area contributed by atoms with Crippen molar-refractivity contribution in [2.24, 2.45) is 5.92 Å². The number of aryl methyl sites for hydroxylation is 2. The number of sulfonamides is 1. The Bertz CT molecular complexity index is 1070. The summed E-state index contributed by atoms with van der Waals surface area (Å²) in [6.07, 6.45) is 1.83. The molecule has 0 saturated carbocycles. The summed E-state index contributed by atoms with van der Waals surface area (Å²) >= 11 is 0. The number of amides is 1. The lowest BCUT2D eigenvalue weighted by molar-refractivity contribution is 0.102. The van der Waals surface area contributed by atoms with Crippen molar-refractivity contribution >= 4 is 34.0 Å².